The molecule has 2 amide bonds. The van der Waals surface area contributed by atoms with E-state index in [2.05, 4.69) is 46.9 Å². The number of urea groups is 1. The standard InChI is InChI=1S/C18H25N5O/c1-13-5-4-6-16(11-13)19-15-7-9-23(10-8-15)18(24)20-17-12-22(3)21-14(17)2/h4-6,11-12,15,19H,7-10H2,1-3H3,(H,20,24). The summed E-state index contributed by atoms with van der Waals surface area (Å²) in [5.74, 6) is 0. The van der Waals surface area contributed by atoms with Crippen molar-refractivity contribution in [3.8, 4) is 0 Å². The largest absolute Gasteiger partial charge is 0.382 e. The molecular weight excluding hydrogens is 302 g/mol. The molecular formula is C18H25N5O. The monoisotopic (exact) mass is 327 g/mol. The molecule has 0 spiro atoms. The maximum Gasteiger partial charge on any atom is 0.321 e. The highest BCUT2D eigenvalue weighted by molar-refractivity contribution is 5.89. The van der Waals surface area contributed by atoms with Gasteiger partial charge in [-0.2, -0.15) is 5.10 Å². The summed E-state index contributed by atoms with van der Waals surface area (Å²) >= 11 is 0. The van der Waals surface area contributed by atoms with Gasteiger partial charge in [0.25, 0.3) is 0 Å². The van der Waals surface area contributed by atoms with Crippen LogP contribution in [0.3, 0.4) is 0 Å². The molecule has 6 heteroatoms. The van der Waals surface area contributed by atoms with Gasteiger partial charge in [-0.25, -0.2) is 4.79 Å². The van der Waals surface area contributed by atoms with E-state index in [1.165, 1.54) is 5.56 Å². The van der Waals surface area contributed by atoms with E-state index in [1.54, 1.807) is 4.68 Å². The highest BCUT2D eigenvalue weighted by Crippen LogP contribution is 2.19. The summed E-state index contributed by atoms with van der Waals surface area (Å²) in [6.07, 6.45) is 3.74. The fourth-order valence-corrected chi connectivity index (χ4v) is 3.11. The molecule has 6 nitrogen and oxygen atoms in total. The van der Waals surface area contributed by atoms with Crippen LogP contribution in [0.25, 0.3) is 0 Å². The molecule has 2 heterocycles. The number of nitrogens with one attached hydrogen (secondary N) is 2. The molecule has 0 saturated carbocycles. The van der Waals surface area contributed by atoms with E-state index in [1.807, 2.05) is 25.1 Å². The van der Waals surface area contributed by atoms with E-state index in [0.717, 1.165) is 43.0 Å². The van der Waals surface area contributed by atoms with E-state index >= 15 is 0 Å². The van der Waals surface area contributed by atoms with Crippen molar-refractivity contribution in [2.24, 2.45) is 7.05 Å². The third-order valence-electron chi connectivity index (χ3n) is 4.43. The number of anilines is 2. The predicted octanol–water partition coefficient (Wildman–Crippen LogP) is 3.15. The number of carbonyl (C=O) groups is 1. The zero-order valence-electron chi connectivity index (χ0n) is 14.5. The molecule has 0 aliphatic carbocycles. The van der Waals surface area contributed by atoms with Crippen molar-refractivity contribution in [1.29, 1.82) is 0 Å². The third-order valence-corrected chi connectivity index (χ3v) is 4.43. The SMILES string of the molecule is Cc1cccc(NC2CCN(C(=O)Nc3cn(C)nc3C)CC2)c1. The number of likely N-dealkylation sites (tertiary alicyclic amines) is 1. The molecule has 1 aliphatic heterocycles. The van der Waals surface area contributed by atoms with Gasteiger partial charge in [0.15, 0.2) is 0 Å². The highest BCUT2D eigenvalue weighted by Gasteiger charge is 2.23. The van der Waals surface area contributed by atoms with Crippen LogP contribution in [0.15, 0.2) is 30.5 Å². The molecule has 2 N–H and O–H groups in total. The number of piperidine rings is 1. The Morgan fingerprint density at radius 1 is 1.25 bits per heavy atom. The lowest BCUT2D eigenvalue weighted by molar-refractivity contribution is 0.197. The highest BCUT2D eigenvalue weighted by atomic mass is 16.2. The Balaban J connectivity index is 1.51. The first-order valence-corrected chi connectivity index (χ1v) is 8.40. The number of rotatable bonds is 3. The van der Waals surface area contributed by atoms with Gasteiger partial charge in [0, 0.05) is 38.1 Å². The summed E-state index contributed by atoms with van der Waals surface area (Å²) in [6, 6.07) is 8.78. The maximum absolute atomic E-state index is 12.4. The van der Waals surface area contributed by atoms with E-state index in [4.69, 9.17) is 0 Å². The molecule has 1 aromatic carbocycles. The average molecular weight is 327 g/mol. The van der Waals surface area contributed by atoms with Gasteiger partial charge in [-0.3, -0.25) is 4.68 Å². The van der Waals surface area contributed by atoms with Gasteiger partial charge in [-0.15, -0.1) is 0 Å². The van der Waals surface area contributed by atoms with Crippen molar-refractivity contribution in [1.82, 2.24) is 14.7 Å². The number of nitrogens with zero attached hydrogens (tertiary/aromatic N) is 3. The number of aryl methyl sites for hydroxylation is 3. The van der Waals surface area contributed by atoms with E-state index < -0.39 is 0 Å². The van der Waals surface area contributed by atoms with Gasteiger partial charge in [-0.1, -0.05) is 12.1 Å². The van der Waals surface area contributed by atoms with Crippen molar-refractivity contribution >= 4 is 17.4 Å². The lowest BCUT2D eigenvalue weighted by Crippen LogP contribution is -2.44. The minimum Gasteiger partial charge on any atom is -0.382 e. The fourth-order valence-electron chi connectivity index (χ4n) is 3.11. The van der Waals surface area contributed by atoms with Crippen LogP contribution in [0.1, 0.15) is 24.1 Å². The number of amides is 2. The van der Waals surface area contributed by atoms with Crippen molar-refractivity contribution in [3.63, 3.8) is 0 Å². The zero-order valence-corrected chi connectivity index (χ0v) is 14.5. The normalized spacial score (nSPS) is 15.4. The van der Waals surface area contributed by atoms with Crippen molar-refractivity contribution in [2.75, 3.05) is 23.7 Å². The molecule has 1 fully saturated rings. The molecule has 1 aromatic heterocycles. The summed E-state index contributed by atoms with van der Waals surface area (Å²) < 4.78 is 1.71. The van der Waals surface area contributed by atoms with Gasteiger partial charge < -0.3 is 15.5 Å². The molecule has 128 valence electrons. The minimum atomic E-state index is -0.0416. The quantitative estimate of drug-likeness (QED) is 0.910. The molecule has 24 heavy (non-hydrogen) atoms. The Hall–Kier alpha value is -2.50. The lowest BCUT2D eigenvalue weighted by atomic mass is 10.0. The van der Waals surface area contributed by atoms with Crippen molar-refractivity contribution < 1.29 is 4.79 Å². The first-order chi connectivity index (χ1) is 11.5. The van der Waals surface area contributed by atoms with Crippen LogP contribution in [0, 0.1) is 13.8 Å². The molecule has 0 radical (unpaired) electrons. The van der Waals surface area contributed by atoms with Crippen LogP contribution < -0.4 is 10.6 Å². The van der Waals surface area contributed by atoms with E-state index in [-0.39, 0.29) is 6.03 Å². The smallest absolute Gasteiger partial charge is 0.321 e. The van der Waals surface area contributed by atoms with Gasteiger partial charge >= 0.3 is 6.03 Å². The Labute approximate surface area is 142 Å². The summed E-state index contributed by atoms with van der Waals surface area (Å²) in [5.41, 5.74) is 4.02. The van der Waals surface area contributed by atoms with Crippen LogP contribution in [0.4, 0.5) is 16.2 Å². The second kappa shape index (κ2) is 6.95. The van der Waals surface area contributed by atoms with Crippen molar-refractivity contribution in [2.45, 2.75) is 32.7 Å². The number of carbonyl (C=O) groups excluding carboxylic acids is 1. The van der Waals surface area contributed by atoms with Gasteiger partial charge in [0.05, 0.1) is 11.4 Å². The van der Waals surface area contributed by atoms with Crippen LogP contribution in [-0.4, -0.2) is 39.8 Å². The first kappa shape index (κ1) is 16.4. The Morgan fingerprint density at radius 3 is 2.62 bits per heavy atom. The van der Waals surface area contributed by atoms with E-state index in [9.17, 15) is 4.79 Å². The van der Waals surface area contributed by atoms with Gasteiger partial charge in [-0.05, 0) is 44.4 Å². The summed E-state index contributed by atoms with van der Waals surface area (Å²) in [5, 5.41) is 10.8. The molecule has 1 aliphatic rings. The number of hydrogen-bond donors (Lipinski definition) is 2. The predicted molar refractivity (Wildman–Crippen MR) is 96.4 cm³/mol. The molecule has 0 bridgehead atoms. The van der Waals surface area contributed by atoms with E-state index in [0.29, 0.717) is 6.04 Å². The number of aromatic nitrogens is 2. The van der Waals surface area contributed by atoms with Gasteiger partial charge in [0.2, 0.25) is 0 Å². The molecule has 0 atom stereocenters. The second-order valence-corrected chi connectivity index (χ2v) is 6.51. The summed E-state index contributed by atoms with van der Waals surface area (Å²) in [6.45, 7) is 5.51. The number of hydrogen-bond acceptors (Lipinski definition) is 3. The summed E-state index contributed by atoms with van der Waals surface area (Å²) in [4.78, 5) is 14.3. The summed E-state index contributed by atoms with van der Waals surface area (Å²) in [7, 11) is 1.85. The van der Waals surface area contributed by atoms with Gasteiger partial charge in [0.1, 0.15) is 0 Å². The fraction of sp³-hybridized carbons (Fsp3) is 0.444. The Morgan fingerprint density at radius 2 is 2.00 bits per heavy atom. The lowest BCUT2D eigenvalue weighted by Gasteiger charge is -2.32. The number of benzene rings is 1. The van der Waals surface area contributed by atoms with Crippen molar-refractivity contribution in [3.05, 3.63) is 41.7 Å². The Kier molecular flexibility index (Phi) is 4.74. The molecule has 3 rings (SSSR count). The van der Waals surface area contributed by atoms with Crippen LogP contribution in [0.2, 0.25) is 0 Å². The molecule has 2 aromatic rings. The zero-order chi connectivity index (χ0) is 17.1. The Bertz CT molecular complexity index is 716. The third kappa shape index (κ3) is 3.88. The van der Waals surface area contributed by atoms with Crippen LogP contribution >= 0.6 is 0 Å². The van der Waals surface area contributed by atoms with Crippen LogP contribution in [0.5, 0.6) is 0 Å². The average Bonchev–Trinajstić information content (AvgIpc) is 2.85. The molecule has 1 saturated heterocycles. The molecule has 0 unspecified atom stereocenters. The maximum atomic E-state index is 12.4. The van der Waals surface area contributed by atoms with Crippen LogP contribution in [-0.2, 0) is 7.05 Å². The topological polar surface area (TPSA) is 62.2 Å². The first-order valence-electron chi connectivity index (χ1n) is 8.40. The minimum absolute atomic E-state index is 0.0416. The second-order valence-electron chi connectivity index (χ2n) is 6.51.